The van der Waals surface area contributed by atoms with E-state index in [1.807, 2.05) is 59.8 Å². The number of nitrogens with zero attached hydrogens (tertiary/aromatic N) is 3. The number of aromatic nitrogens is 3. The van der Waals surface area contributed by atoms with Crippen LogP contribution in [0.4, 0.5) is 5.69 Å². The van der Waals surface area contributed by atoms with E-state index < -0.39 is 0 Å². The zero-order valence-corrected chi connectivity index (χ0v) is 22.0. The Kier molecular flexibility index (Phi) is 6.11. The van der Waals surface area contributed by atoms with Crippen LogP contribution in [0.3, 0.4) is 0 Å². The fraction of sp³-hybridized carbons (Fsp3) is 0.212. The SMILES string of the molecule is O=C(N[C@H]1C[C@H](c2ccccc2)C1)c1cc2c(-c3cncc(-c4ccc(N5CCCC5=O)cc4)c3)ccnc2[nH]1. The first kappa shape index (κ1) is 24.3. The predicted molar refractivity (Wildman–Crippen MR) is 156 cm³/mol. The predicted octanol–water partition coefficient (Wildman–Crippen LogP) is 6.09. The summed E-state index contributed by atoms with van der Waals surface area (Å²) >= 11 is 0. The smallest absolute Gasteiger partial charge is 0.267 e. The molecule has 3 aromatic heterocycles. The molecule has 0 atom stereocenters. The van der Waals surface area contributed by atoms with E-state index in [0.29, 0.717) is 23.7 Å². The normalized spacial score (nSPS) is 18.6. The standard InChI is InChI=1S/C33H29N5O2/c39-31-7-4-14-38(31)27-10-8-22(9-11-27)24-15-25(20-34-19-24)28-12-13-35-32-29(28)18-30(37-32)33(40)36-26-16-23(17-26)21-5-2-1-3-6-21/h1-3,5-6,8-13,15,18-20,23,26H,4,7,14,16-17H2,(H,35,37)(H,36,40)/t23-,26-. The summed E-state index contributed by atoms with van der Waals surface area (Å²) < 4.78 is 0. The van der Waals surface area contributed by atoms with Crippen LogP contribution in [-0.2, 0) is 4.79 Å². The number of aromatic amines is 1. The van der Waals surface area contributed by atoms with E-state index in [1.165, 1.54) is 5.56 Å². The molecule has 2 aliphatic rings. The molecule has 0 radical (unpaired) electrons. The third-order valence-electron chi connectivity index (χ3n) is 8.16. The summed E-state index contributed by atoms with van der Waals surface area (Å²) in [7, 11) is 0. The van der Waals surface area contributed by atoms with Gasteiger partial charge in [0.15, 0.2) is 0 Å². The van der Waals surface area contributed by atoms with Crippen molar-refractivity contribution in [2.24, 2.45) is 0 Å². The van der Waals surface area contributed by atoms with Crippen molar-refractivity contribution >= 4 is 28.5 Å². The fourth-order valence-corrected chi connectivity index (χ4v) is 5.90. The van der Waals surface area contributed by atoms with Crippen LogP contribution in [0.1, 0.15) is 47.7 Å². The molecule has 2 aromatic carbocycles. The largest absolute Gasteiger partial charge is 0.348 e. The Labute approximate surface area is 232 Å². The summed E-state index contributed by atoms with van der Waals surface area (Å²) in [6.45, 7) is 0.777. The quantitative estimate of drug-likeness (QED) is 0.279. The summed E-state index contributed by atoms with van der Waals surface area (Å²) in [5.74, 6) is 0.576. The molecular formula is C33H29N5O2. The molecule has 7 rings (SSSR count). The first-order valence-electron chi connectivity index (χ1n) is 13.8. The molecule has 0 unspecified atom stereocenters. The number of hydrogen-bond donors (Lipinski definition) is 2. The summed E-state index contributed by atoms with van der Waals surface area (Å²) in [4.78, 5) is 39.2. The van der Waals surface area contributed by atoms with Gasteiger partial charge in [0, 0.05) is 59.8 Å². The van der Waals surface area contributed by atoms with Gasteiger partial charge in [0.05, 0.1) is 0 Å². The van der Waals surface area contributed by atoms with E-state index in [2.05, 4.69) is 50.6 Å². The molecule has 2 amide bonds. The van der Waals surface area contributed by atoms with Crippen molar-refractivity contribution in [3.63, 3.8) is 0 Å². The Bertz CT molecular complexity index is 1700. The highest BCUT2D eigenvalue weighted by molar-refractivity contribution is 6.02. The van der Waals surface area contributed by atoms with Gasteiger partial charge in [-0.05, 0) is 72.2 Å². The van der Waals surface area contributed by atoms with Crippen LogP contribution in [0.5, 0.6) is 0 Å². The van der Waals surface area contributed by atoms with Gasteiger partial charge >= 0.3 is 0 Å². The van der Waals surface area contributed by atoms with Crippen LogP contribution in [0.15, 0.2) is 91.4 Å². The number of pyridine rings is 2. The average Bonchev–Trinajstić information content (AvgIpc) is 3.61. The number of hydrogen-bond acceptors (Lipinski definition) is 4. The van der Waals surface area contributed by atoms with Gasteiger partial charge in [0.1, 0.15) is 11.3 Å². The summed E-state index contributed by atoms with van der Waals surface area (Å²) in [6, 6.07) is 24.6. The molecule has 5 aromatic rings. The summed E-state index contributed by atoms with van der Waals surface area (Å²) in [6.07, 6.45) is 8.85. The van der Waals surface area contributed by atoms with Crippen molar-refractivity contribution in [2.45, 2.75) is 37.6 Å². The lowest BCUT2D eigenvalue weighted by atomic mass is 9.76. The monoisotopic (exact) mass is 527 g/mol. The number of amides is 2. The van der Waals surface area contributed by atoms with Crippen LogP contribution >= 0.6 is 0 Å². The van der Waals surface area contributed by atoms with E-state index in [9.17, 15) is 9.59 Å². The van der Waals surface area contributed by atoms with E-state index in [1.54, 1.807) is 6.20 Å². The number of nitrogens with one attached hydrogen (secondary N) is 2. The molecular weight excluding hydrogens is 498 g/mol. The summed E-state index contributed by atoms with van der Waals surface area (Å²) in [5, 5.41) is 4.06. The Morgan fingerprint density at radius 1 is 0.925 bits per heavy atom. The van der Waals surface area contributed by atoms with Crippen LogP contribution in [0.25, 0.3) is 33.3 Å². The van der Waals surface area contributed by atoms with Gasteiger partial charge in [-0.1, -0.05) is 42.5 Å². The molecule has 40 heavy (non-hydrogen) atoms. The van der Waals surface area contributed by atoms with Gasteiger partial charge in [-0.3, -0.25) is 14.6 Å². The van der Waals surface area contributed by atoms with Gasteiger partial charge in [-0.15, -0.1) is 0 Å². The molecule has 7 nitrogen and oxygen atoms in total. The molecule has 1 aliphatic carbocycles. The number of anilines is 1. The Hall–Kier alpha value is -4.78. The third-order valence-corrected chi connectivity index (χ3v) is 8.16. The molecule has 198 valence electrons. The van der Waals surface area contributed by atoms with Crippen molar-refractivity contribution < 1.29 is 9.59 Å². The van der Waals surface area contributed by atoms with Crippen molar-refractivity contribution in [3.05, 3.63) is 103 Å². The molecule has 1 saturated carbocycles. The number of fused-ring (bicyclic) bond motifs is 1. The van der Waals surface area contributed by atoms with Crippen molar-refractivity contribution in [1.82, 2.24) is 20.3 Å². The minimum Gasteiger partial charge on any atom is -0.348 e. The maximum Gasteiger partial charge on any atom is 0.267 e. The second-order valence-corrected chi connectivity index (χ2v) is 10.7. The van der Waals surface area contributed by atoms with E-state index in [0.717, 1.165) is 59.1 Å². The minimum atomic E-state index is -0.107. The highest BCUT2D eigenvalue weighted by Gasteiger charge is 2.31. The first-order valence-corrected chi connectivity index (χ1v) is 13.8. The lowest BCUT2D eigenvalue weighted by molar-refractivity contribution is -0.117. The maximum atomic E-state index is 13.1. The molecule has 1 aliphatic heterocycles. The molecule has 0 spiro atoms. The number of H-pyrrole nitrogens is 1. The summed E-state index contributed by atoms with van der Waals surface area (Å²) in [5.41, 5.74) is 7.35. The van der Waals surface area contributed by atoms with Crippen molar-refractivity contribution in [1.29, 1.82) is 0 Å². The number of carbonyl (C=O) groups excluding carboxylic acids is 2. The zero-order chi connectivity index (χ0) is 27.1. The average molecular weight is 528 g/mol. The molecule has 2 fully saturated rings. The van der Waals surface area contributed by atoms with Gasteiger partial charge in [-0.25, -0.2) is 4.98 Å². The third kappa shape index (κ3) is 4.53. The van der Waals surface area contributed by atoms with Gasteiger partial charge in [-0.2, -0.15) is 0 Å². The number of carbonyl (C=O) groups is 2. The van der Waals surface area contributed by atoms with Gasteiger partial charge < -0.3 is 15.2 Å². The topological polar surface area (TPSA) is 91.0 Å². The van der Waals surface area contributed by atoms with E-state index >= 15 is 0 Å². The number of benzene rings is 2. The van der Waals surface area contributed by atoms with E-state index in [4.69, 9.17) is 0 Å². The fourth-order valence-electron chi connectivity index (χ4n) is 5.90. The van der Waals surface area contributed by atoms with Crippen LogP contribution in [-0.4, -0.2) is 39.4 Å². The van der Waals surface area contributed by atoms with Crippen LogP contribution < -0.4 is 10.2 Å². The lowest BCUT2D eigenvalue weighted by Crippen LogP contribution is -2.43. The highest BCUT2D eigenvalue weighted by atomic mass is 16.2. The van der Waals surface area contributed by atoms with Gasteiger partial charge in [0.2, 0.25) is 5.91 Å². The Morgan fingerprint density at radius 2 is 1.73 bits per heavy atom. The highest BCUT2D eigenvalue weighted by Crippen LogP contribution is 2.37. The van der Waals surface area contributed by atoms with E-state index in [-0.39, 0.29) is 17.9 Å². The number of rotatable bonds is 6. The Balaban J connectivity index is 1.09. The van der Waals surface area contributed by atoms with Crippen molar-refractivity contribution in [3.8, 4) is 22.3 Å². The second kappa shape index (κ2) is 10.1. The van der Waals surface area contributed by atoms with Crippen molar-refractivity contribution in [2.75, 3.05) is 11.4 Å². The molecule has 4 heterocycles. The van der Waals surface area contributed by atoms with Crippen LogP contribution in [0, 0.1) is 0 Å². The first-order chi connectivity index (χ1) is 19.6. The zero-order valence-electron chi connectivity index (χ0n) is 22.0. The molecule has 0 bridgehead atoms. The maximum absolute atomic E-state index is 13.1. The minimum absolute atomic E-state index is 0.107. The lowest BCUT2D eigenvalue weighted by Gasteiger charge is -2.36. The Morgan fingerprint density at radius 3 is 2.50 bits per heavy atom. The molecule has 1 saturated heterocycles. The molecule has 7 heteroatoms. The second-order valence-electron chi connectivity index (χ2n) is 10.7. The van der Waals surface area contributed by atoms with Gasteiger partial charge in [0.25, 0.3) is 5.91 Å². The molecule has 2 N–H and O–H groups in total. The van der Waals surface area contributed by atoms with Crippen LogP contribution in [0.2, 0.25) is 0 Å².